The van der Waals surface area contributed by atoms with Gasteiger partial charge in [-0.15, -0.1) is 0 Å². The van der Waals surface area contributed by atoms with Crippen molar-refractivity contribution < 1.29 is 29.0 Å². The number of primary amides is 1. The molecular formula is C28H36FN7O5. The largest absolute Gasteiger partial charge is 0.491 e. The molecule has 2 aromatic carbocycles. The Kier molecular flexibility index (Phi) is 10.6. The molecule has 1 saturated heterocycles. The normalized spacial score (nSPS) is 15.9. The second-order valence-electron chi connectivity index (χ2n) is 9.71. The summed E-state index contributed by atoms with van der Waals surface area (Å²) in [5.41, 5.74) is 6.83. The number of anilines is 5. The molecular weight excluding hydrogens is 533 g/mol. The number of aliphatic hydroxyl groups is 1. The summed E-state index contributed by atoms with van der Waals surface area (Å²) < 4.78 is 25.1. The van der Waals surface area contributed by atoms with E-state index in [4.69, 9.17) is 15.2 Å². The monoisotopic (exact) mass is 569 g/mol. The van der Waals surface area contributed by atoms with Crippen LogP contribution in [-0.4, -0.2) is 77.3 Å². The molecule has 41 heavy (non-hydrogen) atoms. The molecule has 1 fully saturated rings. The number of nitrogens with one attached hydrogen (secondary N) is 2. The highest BCUT2D eigenvalue weighted by Crippen LogP contribution is 2.26. The van der Waals surface area contributed by atoms with Gasteiger partial charge in [0.2, 0.25) is 11.9 Å². The molecule has 1 aromatic heterocycles. The van der Waals surface area contributed by atoms with Gasteiger partial charge < -0.3 is 35.8 Å². The zero-order chi connectivity index (χ0) is 29.2. The zero-order valence-electron chi connectivity index (χ0n) is 22.9. The van der Waals surface area contributed by atoms with E-state index in [0.29, 0.717) is 62.0 Å². The molecule has 0 aliphatic carbocycles. The van der Waals surface area contributed by atoms with Gasteiger partial charge in [-0.1, -0.05) is 6.07 Å². The lowest BCUT2D eigenvalue weighted by Crippen LogP contribution is -2.33. The SMILES string of the molecule is COCCOc1ccc(Nc2ncc(F)c(Nc3cccc(N(O)C(O)CCCN4CCC(C(N)=O)C4)c3)n2)cc1. The summed E-state index contributed by atoms with van der Waals surface area (Å²) in [7, 11) is 1.60. The predicted octanol–water partition coefficient (Wildman–Crippen LogP) is 3.23. The van der Waals surface area contributed by atoms with Crippen molar-refractivity contribution in [2.45, 2.75) is 25.5 Å². The van der Waals surface area contributed by atoms with Gasteiger partial charge in [0.15, 0.2) is 17.9 Å². The zero-order valence-corrected chi connectivity index (χ0v) is 22.9. The number of aromatic nitrogens is 2. The Labute approximate surface area is 237 Å². The van der Waals surface area contributed by atoms with E-state index in [1.165, 1.54) is 0 Å². The number of halogens is 1. The van der Waals surface area contributed by atoms with Crippen LogP contribution in [0.4, 0.5) is 33.2 Å². The number of rotatable bonds is 15. The first-order valence-corrected chi connectivity index (χ1v) is 13.4. The number of hydrogen-bond donors (Lipinski definition) is 5. The summed E-state index contributed by atoms with van der Waals surface area (Å²) in [4.78, 5) is 21.7. The molecule has 0 radical (unpaired) electrons. The maximum atomic E-state index is 14.5. The third-order valence-electron chi connectivity index (χ3n) is 6.68. The molecule has 6 N–H and O–H groups in total. The highest BCUT2D eigenvalue weighted by molar-refractivity contribution is 5.77. The Morgan fingerprint density at radius 2 is 2.02 bits per heavy atom. The molecule has 13 heteroatoms. The van der Waals surface area contributed by atoms with Crippen molar-refractivity contribution >= 4 is 34.7 Å². The van der Waals surface area contributed by atoms with E-state index in [-0.39, 0.29) is 23.6 Å². The topological polar surface area (TPSA) is 158 Å². The van der Waals surface area contributed by atoms with Crippen molar-refractivity contribution in [3.63, 3.8) is 0 Å². The van der Waals surface area contributed by atoms with E-state index in [1.807, 2.05) is 0 Å². The van der Waals surface area contributed by atoms with Crippen molar-refractivity contribution in [1.82, 2.24) is 14.9 Å². The van der Waals surface area contributed by atoms with Crippen LogP contribution in [0.1, 0.15) is 19.3 Å². The first-order valence-electron chi connectivity index (χ1n) is 13.4. The van der Waals surface area contributed by atoms with Crippen molar-refractivity contribution in [3.05, 3.63) is 60.5 Å². The van der Waals surface area contributed by atoms with Crippen LogP contribution in [0.15, 0.2) is 54.7 Å². The summed E-state index contributed by atoms with van der Waals surface area (Å²) in [6.45, 7) is 3.01. The number of amides is 1. The Bertz CT molecular complexity index is 1280. The lowest BCUT2D eigenvalue weighted by molar-refractivity contribution is -0.121. The van der Waals surface area contributed by atoms with E-state index in [1.54, 1.807) is 55.6 Å². The van der Waals surface area contributed by atoms with Crippen LogP contribution in [0.25, 0.3) is 0 Å². The highest BCUT2D eigenvalue weighted by atomic mass is 19.1. The number of hydrogen-bond acceptors (Lipinski definition) is 11. The van der Waals surface area contributed by atoms with Gasteiger partial charge in [-0.25, -0.2) is 14.4 Å². The minimum Gasteiger partial charge on any atom is -0.491 e. The first kappa shape index (κ1) is 29.9. The predicted molar refractivity (Wildman–Crippen MR) is 152 cm³/mol. The van der Waals surface area contributed by atoms with Gasteiger partial charge in [0.1, 0.15) is 12.4 Å². The van der Waals surface area contributed by atoms with Crippen LogP contribution in [0.5, 0.6) is 5.75 Å². The van der Waals surface area contributed by atoms with Gasteiger partial charge in [0, 0.05) is 25.0 Å². The average molecular weight is 570 g/mol. The van der Waals surface area contributed by atoms with Crippen LogP contribution in [0, 0.1) is 11.7 Å². The van der Waals surface area contributed by atoms with Crippen molar-refractivity contribution in [2.24, 2.45) is 11.7 Å². The average Bonchev–Trinajstić information content (AvgIpc) is 3.45. The molecule has 2 atom stereocenters. The fourth-order valence-electron chi connectivity index (χ4n) is 4.44. The van der Waals surface area contributed by atoms with Gasteiger partial charge in [-0.3, -0.25) is 10.0 Å². The van der Waals surface area contributed by atoms with Gasteiger partial charge in [-0.05, 0) is 74.8 Å². The number of carbonyl (C=O) groups excluding carboxylic acids is 1. The fourth-order valence-corrected chi connectivity index (χ4v) is 4.44. The standard InChI is InChI=1S/C28H36FN7O5/c1-40-14-15-41-23-9-7-20(8-10-23)33-28-31-17-24(29)27(34-28)32-21-4-2-5-22(16-21)36(39)25(37)6-3-12-35-13-11-19(18-35)26(30)38/h2,4-5,7-10,16-17,19,25,37,39H,3,6,11-15,18H2,1H3,(H2,30,38)(H2,31,32,33,34). The van der Waals surface area contributed by atoms with E-state index >= 15 is 0 Å². The van der Waals surface area contributed by atoms with E-state index in [2.05, 4.69) is 25.5 Å². The number of carbonyl (C=O) groups is 1. The minimum atomic E-state index is -1.15. The van der Waals surface area contributed by atoms with Gasteiger partial charge in [0.05, 0.1) is 24.4 Å². The Hall–Kier alpha value is -4.04. The Balaban J connectivity index is 1.32. The van der Waals surface area contributed by atoms with Crippen LogP contribution >= 0.6 is 0 Å². The van der Waals surface area contributed by atoms with Crippen LogP contribution in [-0.2, 0) is 9.53 Å². The lowest BCUT2D eigenvalue weighted by atomic mass is 10.1. The molecule has 1 amide bonds. The molecule has 0 saturated carbocycles. The maximum absolute atomic E-state index is 14.5. The van der Waals surface area contributed by atoms with Crippen LogP contribution in [0.3, 0.4) is 0 Å². The lowest BCUT2D eigenvalue weighted by Gasteiger charge is -2.24. The Morgan fingerprint density at radius 3 is 2.76 bits per heavy atom. The number of nitrogens with two attached hydrogens (primary N) is 1. The second-order valence-corrected chi connectivity index (χ2v) is 9.71. The van der Waals surface area contributed by atoms with Crippen molar-refractivity contribution in [3.8, 4) is 5.75 Å². The number of methoxy groups -OCH3 is 1. The smallest absolute Gasteiger partial charge is 0.229 e. The first-order chi connectivity index (χ1) is 19.8. The van der Waals surface area contributed by atoms with Gasteiger partial charge in [0.25, 0.3) is 0 Å². The third-order valence-corrected chi connectivity index (χ3v) is 6.68. The summed E-state index contributed by atoms with van der Waals surface area (Å²) >= 11 is 0. The molecule has 3 aromatic rings. The molecule has 0 spiro atoms. The number of ether oxygens (including phenoxy) is 2. The minimum absolute atomic E-state index is 0.0657. The number of aliphatic hydroxyl groups excluding tert-OH is 1. The van der Waals surface area contributed by atoms with Crippen molar-refractivity contribution in [2.75, 3.05) is 55.7 Å². The summed E-state index contributed by atoms with van der Waals surface area (Å²) in [5, 5.41) is 27.8. The fraction of sp³-hybridized carbons (Fsp3) is 0.393. The van der Waals surface area contributed by atoms with Crippen LogP contribution in [0.2, 0.25) is 0 Å². The van der Waals surface area contributed by atoms with E-state index in [9.17, 15) is 19.5 Å². The quantitative estimate of drug-likeness (QED) is 0.104. The van der Waals surface area contributed by atoms with Gasteiger partial charge in [-0.2, -0.15) is 4.98 Å². The van der Waals surface area contributed by atoms with E-state index in [0.717, 1.165) is 24.2 Å². The number of nitrogens with zero attached hydrogens (tertiary/aromatic N) is 4. The summed E-state index contributed by atoms with van der Waals surface area (Å²) in [6.07, 6.45) is 1.57. The molecule has 2 heterocycles. The number of benzene rings is 2. The molecule has 1 aliphatic rings. The number of hydroxylamine groups is 1. The third kappa shape index (κ3) is 8.72. The molecule has 4 rings (SSSR count). The number of likely N-dealkylation sites (tertiary alicyclic amines) is 1. The van der Waals surface area contributed by atoms with Crippen molar-refractivity contribution in [1.29, 1.82) is 0 Å². The summed E-state index contributed by atoms with van der Waals surface area (Å²) in [5.74, 6) is -0.283. The van der Waals surface area contributed by atoms with Gasteiger partial charge >= 0.3 is 0 Å². The molecule has 220 valence electrons. The molecule has 0 bridgehead atoms. The summed E-state index contributed by atoms with van der Waals surface area (Å²) in [6, 6.07) is 13.7. The molecule has 12 nitrogen and oxygen atoms in total. The second kappa shape index (κ2) is 14.6. The molecule has 1 aliphatic heterocycles. The highest BCUT2D eigenvalue weighted by Gasteiger charge is 2.26. The molecule has 2 unspecified atom stereocenters. The maximum Gasteiger partial charge on any atom is 0.229 e. The Morgan fingerprint density at radius 1 is 1.22 bits per heavy atom. The van der Waals surface area contributed by atoms with Crippen LogP contribution < -0.4 is 26.2 Å². The van der Waals surface area contributed by atoms with E-state index < -0.39 is 12.0 Å².